The van der Waals surface area contributed by atoms with E-state index in [0.717, 1.165) is 11.1 Å². The second-order valence-electron chi connectivity index (χ2n) is 6.38. The van der Waals surface area contributed by atoms with E-state index >= 15 is 0 Å². The number of nitrogens with one attached hydrogen (secondary N) is 3. The van der Waals surface area contributed by atoms with Gasteiger partial charge in [0.25, 0.3) is 11.5 Å². The average molecular weight is 398 g/mol. The zero-order valence-electron chi connectivity index (χ0n) is 14.5. The predicted octanol–water partition coefficient (Wildman–Crippen LogP) is 1.39. The van der Waals surface area contributed by atoms with Crippen LogP contribution in [0.25, 0.3) is 0 Å². The van der Waals surface area contributed by atoms with Crippen molar-refractivity contribution in [1.82, 2.24) is 15.3 Å². The lowest BCUT2D eigenvalue weighted by atomic mass is 9.87. The quantitative estimate of drug-likeness (QED) is 0.618. The summed E-state index contributed by atoms with van der Waals surface area (Å²) in [5.41, 5.74) is 4.55. The molecule has 5 N–H and O–H groups in total. The summed E-state index contributed by atoms with van der Waals surface area (Å²) in [6.07, 6.45) is -2.55. The van der Waals surface area contributed by atoms with Crippen molar-refractivity contribution in [3.8, 4) is 5.75 Å². The van der Waals surface area contributed by atoms with E-state index in [1.807, 2.05) is 4.98 Å². The van der Waals surface area contributed by atoms with Crippen LogP contribution in [0, 0.1) is 0 Å². The summed E-state index contributed by atoms with van der Waals surface area (Å²) < 4.78 is 41.7. The van der Waals surface area contributed by atoms with Gasteiger partial charge in [0.2, 0.25) is 0 Å². The monoisotopic (exact) mass is 398 g/mol. The van der Waals surface area contributed by atoms with E-state index in [-0.39, 0.29) is 11.4 Å². The Balaban J connectivity index is 1.80. The van der Waals surface area contributed by atoms with Crippen molar-refractivity contribution < 1.29 is 22.7 Å². The molecule has 11 heteroatoms. The number of carbonyl (C=O) groups excluding carboxylic acids is 1. The second-order valence-corrected chi connectivity index (χ2v) is 6.38. The Kier molecular flexibility index (Phi) is 5.16. The molecule has 3 rings (SSSR count). The molecule has 0 fully saturated rings. The van der Waals surface area contributed by atoms with Crippen molar-refractivity contribution >= 4 is 11.6 Å². The molecule has 8 nitrogen and oxygen atoms in total. The molecule has 0 bridgehead atoms. The highest BCUT2D eigenvalue weighted by Gasteiger charge is 2.29. The molecule has 0 radical (unpaired) electrons. The summed E-state index contributed by atoms with van der Waals surface area (Å²) in [6.45, 7) is -1.39. The van der Waals surface area contributed by atoms with E-state index in [4.69, 9.17) is 10.5 Å². The third kappa shape index (κ3) is 4.35. The first kappa shape index (κ1) is 19.5. The van der Waals surface area contributed by atoms with E-state index < -0.39 is 41.7 Å². The number of H-pyrrole nitrogens is 2. The minimum absolute atomic E-state index is 0.0891. The van der Waals surface area contributed by atoms with Gasteiger partial charge in [-0.2, -0.15) is 13.2 Å². The first-order valence-corrected chi connectivity index (χ1v) is 8.39. The first-order chi connectivity index (χ1) is 13.1. The maximum atomic E-state index is 12.5. The van der Waals surface area contributed by atoms with Crippen LogP contribution >= 0.6 is 0 Å². The van der Waals surface area contributed by atoms with Crippen LogP contribution in [0.2, 0.25) is 0 Å². The van der Waals surface area contributed by atoms with E-state index in [1.165, 1.54) is 12.1 Å². The molecule has 0 saturated heterocycles. The summed E-state index contributed by atoms with van der Waals surface area (Å²) in [6, 6.07) is 4.06. The fraction of sp³-hybridized carbons (Fsp3) is 0.353. The molecule has 1 atom stereocenters. The van der Waals surface area contributed by atoms with Gasteiger partial charge in [-0.15, -0.1) is 0 Å². The number of anilines is 1. The summed E-state index contributed by atoms with van der Waals surface area (Å²) >= 11 is 0. The number of fused-ring (bicyclic) bond motifs is 1. The van der Waals surface area contributed by atoms with Gasteiger partial charge in [0.1, 0.15) is 17.1 Å². The molecule has 0 aliphatic heterocycles. The number of nitrogen functional groups attached to an aromatic ring is 1. The van der Waals surface area contributed by atoms with Gasteiger partial charge < -0.3 is 20.8 Å². The van der Waals surface area contributed by atoms with Crippen LogP contribution < -0.4 is 27.0 Å². The number of aromatic amines is 2. The number of aryl methyl sites for hydroxylation is 1. The fourth-order valence-corrected chi connectivity index (χ4v) is 3.10. The Labute approximate surface area is 155 Å². The number of amides is 1. The third-order valence-corrected chi connectivity index (χ3v) is 4.34. The Morgan fingerprint density at radius 2 is 2.04 bits per heavy atom. The van der Waals surface area contributed by atoms with Gasteiger partial charge in [0, 0.05) is 0 Å². The average Bonchev–Trinajstić information content (AvgIpc) is 2.62. The van der Waals surface area contributed by atoms with Gasteiger partial charge in [-0.3, -0.25) is 14.6 Å². The lowest BCUT2D eigenvalue weighted by molar-refractivity contribution is -0.153. The molecule has 2 aromatic rings. The van der Waals surface area contributed by atoms with Gasteiger partial charge in [-0.25, -0.2) is 4.79 Å². The molecule has 1 aliphatic carbocycles. The Morgan fingerprint density at radius 3 is 2.75 bits per heavy atom. The number of alkyl halides is 3. The number of benzene rings is 1. The minimum Gasteiger partial charge on any atom is -0.484 e. The van der Waals surface area contributed by atoms with Crippen molar-refractivity contribution in [2.75, 3.05) is 12.3 Å². The van der Waals surface area contributed by atoms with Crippen LogP contribution in [-0.2, 0) is 6.42 Å². The molecule has 150 valence electrons. The van der Waals surface area contributed by atoms with Crippen molar-refractivity contribution in [2.24, 2.45) is 0 Å². The SMILES string of the molecule is Nc1c(C(=O)N[C@@H]2CCCc3cc(OCC(F)(F)F)ccc32)[nH]c(=O)[nH]c1=O. The van der Waals surface area contributed by atoms with Crippen LogP contribution in [-0.4, -0.2) is 28.7 Å². The largest absolute Gasteiger partial charge is 0.484 e. The Hall–Kier alpha value is -3.24. The van der Waals surface area contributed by atoms with Crippen LogP contribution in [0.1, 0.15) is 40.5 Å². The smallest absolute Gasteiger partial charge is 0.422 e. The van der Waals surface area contributed by atoms with E-state index in [2.05, 4.69) is 10.3 Å². The maximum Gasteiger partial charge on any atom is 0.422 e. The highest BCUT2D eigenvalue weighted by molar-refractivity contribution is 5.97. The number of hydrogen-bond donors (Lipinski definition) is 4. The zero-order valence-corrected chi connectivity index (χ0v) is 14.5. The van der Waals surface area contributed by atoms with Gasteiger partial charge in [-0.1, -0.05) is 6.07 Å². The van der Waals surface area contributed by atoms with E-state index in [1.54, 1.807) is 6.07 Å². The number of nitrogens with two attached hydrogens (primary N) is 1. The zero-order chi connectivity index (χ0) is 20.5. The van der Waals surface area contributed by atoms with Crippen LogP contribution in [0.5, 0.6) is 5.75 Å². The summed E-state index contributed by atoms with van der Waals surface area (Å²) in [5.74, 6) is -0.637. The molecule has 0 saturated carbocycles. The van der Waals surface area contributed by atoms with E-state index in [9.17, 15) is 27.6 Å². The van der Waals surface area contributed by atoms with Gasteiger partial charge in [0.15, 0.2) is 6.61 Å². The number of hydrogen-bond acceptors (Lipinski definition) is 5. The molecular weight excluding hydrogens is 381 g/mol. The predicted molar refractivity (Wildman–Crippen MR) is 93.2 cm³/mol. The van der Waals surface area contributed by atoms with Crippen molar-refractivity contribution in [2.45, 2.75) is 31.5 Å². The highest BCUT2D eigenvalue weighted by Crippen LogP contribution is 2.33. The third-order valence-electron chi connectivity index (χ3n) is 4.34. The molecule has 1 amide bonds. The number of carbonyl (C=O) groups is 1. The van der Waals surface area contributed by atoms with Crippen molar-refractivity contribution in [3.05, 3.63) is 55.9 Å². The van der Waals surface area contributed by atoms with E-state index in [0.29, 0.717) is 19.3 Å². The van der Waals surface area contributed by atoms with Crippen LogP contribution in [0.15, 0.2) is 27.8 Å². The van der Waals surface area contributed by atoms with Crippen molar-refractivity contribution in [3.63, 3.8) is 0 Å². The summed E-state index contributed by atoms with van der Waals surface area (Å²) in [5, 5.41) is 2.70. The van der Waals surface area contributed by atoms with Gasteiger partial charge in [0.05, 0.1) is 6.04 Å². The molecule has 28 heavy (non-hydrogen) atoms. The summed E-state index contributed by atoms with van der Waals surface area (Å²) in [7, 11) is 0. The van der Waals surface area contributed by atoms with Crippen LogP contribution in [0.3, 0.4) is 0 Å². The molecule has 1 heterocycles. The maximum absolute atomic E-state index is 12.5. The topological polar surface area (TPSA) is 130 Å². The number of halogens is 3. The van der Waals surface area contributed by atoms with Gasteiger partial charge >= 0.3 is 11.9 Å². The van der Waals surface area contributed by atoms with Crippen LogP contribution in [0.4, 0.5) is 18.9 Å². The van der Waals surface area contributed by atoms with Crippen molar-refractivity contribution in [1.29, 1.82) is 0 Å². The molecule has 0 unspecified atom stereocenters. The minimum atomic E-state index is -4.43. The fourth-order valence-electron chi connectivity index (χ4n) is 3.10. The normalized spacial score (nSPS) is 16.3. The lowest BCUT2D eigenvalue weighted by Gasteiger charge is -2.27. The summed E-state index contributed by atoms with van der Waals surface area (Å²) in [4.78, 5) is 39.5. The molecule has 1 aromatic carbocycles. The van der Waals surface area contributed by atoms with Gasteiger partial charge in [-0.05, 0) is 42.5 Å². The number of rotatable bonds is 4. The molecule has 1 aromatic heterocycles. The highest BCUT2D eigenvalue weighted by atomic mass is 19.4. The Morgan fingerprint density at radius 1 is 1.29 bits per heavy atom. The Bertz CT molecular complexity index is 1010. The molecule has 1 aliphatic rings. The molecular formula is C17H17F3N4O4. The first-order valence-electron chi connectivity index (χ1n) is 8.39. The molecule has 0 spiro atoms. The lowest BCUT2D eigenvalue weighted by Crippen LogP contribution is -2.36. The standard InChI is InChI=1S/C17H17F3N4O4/c18-17(19,20)7-28-9-4-5-10-8(6-9)2-1-3-11(10)22-15(26)13-12(21)14(25)24-16(27)23-13/h4-6,11H,1-3,7,21H2,(H,22,26)(H2,23,24,25,27)/t11-/m1/s1. The number of aromatic nitrogens is 2. The number of ether oxygens (including phenoxy) is 1. The second kappa shape index (κ2) is 7.41.